The molecule has 3 heterocycles. The van der Waals surface area contributed by atoms with Crippen LogP contribution >= 0.6 is 0 Å². The summed E-state index contributed by atoms with van der Waals surface area (Å²) in [6.07, 6.45) is 4.33. The van der Waals surface area contributed by atoms with Crippen LogP contribution in [0.4, 0.5) is 16.2 Å². The monoisotopic (exact) mass is 428 g/mol. The van der Waals surface area contributed by atoms with Gasteiger partial charge in [0.05, 0.1) is 5.69 Å². The van der Waals surface area contributed by atoms with E-state index >= 15 is 0 Å². The van der Waals surface area contributed by atoms with Gasteiger partial charge in [-0.15, -0.1) is 0 Å². The first kappa shape index (κ1) is 21.8. The van der Waals surface area contributed by atoms with E-state index in [4.69, 9.17) is 9.47 Å². The number of carbonyl (C=O) groups is 1. The molecule has 170 valence electrons. The number of alkyl carbamates (subject to hydrolysis) is 1. The van der Waals surface area contributed by atoms with Gasteiger partial charge >= 0.3 is 6.09 Å². The minimum absolute atomic E-state index is 0.306. The summed E-state index contributed by atoms with van der Waals surface area (Å²) in [6, 6.07) is 7.01. The molecule has 1 aromatic rings. The van der Waals surface area contributed by atoms with Crippen molar-refractivity contribution in [3.63, 3.8) is 0 Å². The predicted molar refractivity (Wildman–Crippen MR) is 124 cm³/mol. The van der Waals surface area contributed by atoms with E-state index in [0.29, 0.717) is 24.4 Å². The number of benzene rings is 1. The molecule has 0 atom stereocenters. The molecule has 0 spiro atoms. The summed E-state index contributed by atoms with van der Waals surface area (Å²) in [5.74, 6) is 2.00. The molecule has 2 N–H and O–H groups in total. The summed E-state index contributed by atoms with van der Waals surface area (Å²) in [5.41, 5.74) is 1.77. The maximum atomic E-state index is 11.9. The summed E-state index contributed by atoms with van der Waals surface area (Å²) in [4.78, 5) is 17.0. The topological polar surface area (TPSA) is 66.1 Å². The van der Waals surface area contributed by atoms with Crippen molar-refractivity contribution < 1.29 is 14.3 Å². The van der Waals surface area contributed by atoms with Gasteiger partial charge in [0, 0.05) is 37.4 Å². The maximum absolute atomic E-state index is 11.9. The van der Waals surface area contributed by atoms with Crippen LogP contribution in [0, 0.1) is 5.92 Å². The highest BCUT2D eigenvalue weighted by molar-refractivity contribution is 5.69. The minimum Gasteiger partial charge on any atom is -0.444 e. The van der Waals surface area contributed by atoms with Crippen molar-refractivity contribution in [2.24, 2.45) is 5.92 Å². The van der Waals surface area contributed by atoms with E-state index in [2.05, 4.69) is 45.2 Å². The largest absolute Gasteiger partial charge is 0.444 e. The van der Waals surface area contributed by atoms with Crippen LogP contribution in [0.25, 0.3) is 0 Å². The number of fused-ring (bicyclic) bond motifs is 1. The lowest BCUT2D eigenvalue weighted by Crippen LogP contribution is -2.48. The average Bonchev–Trinajstić information content (AvgIpc) is 3.11. The maximum Gasteiger partial charge on any atom is 0.407 e. The smallest absolute Gasteiger partial charge is 0.407 e. The fourth-order valence-corrected chi connectivity index (χ4v) is 4.76. The molecule has 4 rings (SSSR count). The summed E-state index contributed by atoms with van der Waals surface area (Å²) < 4.78 is 11.0. The van der Waals surface area contributed by atoms with Crippen LogP contribution < -0.4 is 20.3 Å². The van der Waals surface area contributed by atoms with Gasteiger partial charge in [0.25, 0.3) is 0 Å². The van der Waals surface area contributed by atoms with Gasteiger partial charge in [-0.1, -0.05) is 0 Å². The van der Waals surface area contributed by atoms with Gasteiger partial charge in [-0.3, -0.25) is 0 Å². The summed E-state index contributed by atoms with van der Waals surface area (Å²) in [7, 11) is 0. The van der Waals surface area contributed by atoms with E-state index in [0.717, 1.165) is 50.5 Å². The zero-order chi connectivity index (χ0) is 22.0. The third kappa shape index (κ3) is 5.64. The van der Waals surface area contributed by atoms with Crippen molar-refractivity contribution >= 4 is 17.5 Å². The fourth-order valence-electron chi connectivity index (χ4n) is 4.76. The number of carbonyl (C=O) groups excluding carboxylic acids is 1. The molecular formula is C24H36N4O3. The van der Waals surface area contributed by atoms with Crippen molar-refractivity contribution in [2.75, 3.05) is 42.9 Å². The van der Waals surface area contributed by atoms with E-state index in [1.165, 1.54) is 18.5 Å². The van der Waals surface area contributed by atoms with Crippen LogP contribution in [-0.4, -0.2) is 55.4 Å². The Morgan fingerprint density at radius 3 is 2.58 bits per heavy atom. The number of amides is 1. The predicted octanol–water partition coefficient (Wildman–Crippen LogP) is 4.17. The van der Waals surface area contributed by atoms with Crippen LogP contribution in [0.5, 0.6) is 5.75 Å². The van der Waals surface area contributed by atoms with E-state index in [9.17, 15) is 4.79 Å². The van der Waals surface area contributed by atoms with Gasteiger partial charge in [0.15, 0.2) is 11.6 Å². The van der Waals surface area contributed by atoms with Gasteiger partial charge < -0.3 is 29.9 Å². The molecule has 0 aromatic heterocycles. The van der Waals surface area contributed by atoms with E-state index in [-0.39, 0.29) is 6.09 Å². The molecule has 1 amide bonds. The summed E-state index contributed by atoms with van der Waals surface area (Å²) in [6.45, 7) is 14.6. The summed E-state index contributed by atoms with van der Waals surface area (Å²) >= 11 is 0. The van der Waals surface area contributed by atoms with Crippen molar-refractivity contribution in [2.45, 2.75) is 58.1 Å². The first-order chi connectivity index (χ1) is 14.8. The van der Waals surface area contributed by atoms with Gasteiger partial charge in [-0.2, -0.15) is 0 Å². The zero-order valence-corrected chi connectivity index (χ0v) is 19.1. The van der Waals surface area contributed by atoms with Gasteiger partial charge in [-0.05, 0) is 84.2 Å². The molecule has 31 heavy (non-hydrogen) atoms. The van der Waals surface area contributed by atoms with E-state index in [1.54, 1.807) is 0 Å². The number of nitrogens with zero attached hydrogens (tertiary/aromatic N) is 2. The van der Waals surface area contributed by atoms with Gasteiger partial charge in [0.2, 0.25) is 0 Å². The number of anilines is 2. The molecule has 0 unspecified atom stereocenters. The SMILES string of the molecule is C=C1Nc2ccc(N3CCC(N4CCC(CNC(=O)OC(C)(C)C)CC4)CC3)cc2O1. The number of nitrogens with one attached hydrogen (secondary N) is 2. The van der Waals surface area contributed by atoms with Crippen LogP contribution in [0.15, 0.2) is 30.7 Å². The Hall–Kier alpha value is -2.41. The molecule has 1 aromatic carbocycles. The van der Waals surface area contributed by atoms with Gasteiger partial charge in [-0.25, -0.2) is 4.79 Å². The Kier molecular flexibility index (Phi) is 6.32. The molecule has 2 fully saturated rings. The van der Waals surface area contributed by atoms with Crippen LogP contribution in [0.3, 0.4) is 0 Å². The Bertz CT molecular complexity index is 804. The lowest BCUT2D eigenvalue weighted by Gasteiger charge is -2.42. The number of ether oxygens (including phenoxy) is 2. The molecular weight excluding hydrogens is 392 g/mol. The molecule has 3 aliphatic rings. The summed E-state index contributed by atoms with van der Waals surface area (Å²) in [5, 5.41) is 6.08. The molecule has 2 saturated heterocycles. The molecule has 0 radical (unpaired) electrons. The first-order valence-corrected chi connectivity index (χ1v) is 11.5. The number of rotatable bonds is 4. The molecule has 7 nitrogen and oxygen atoms in total. The first-order valence-electron chi connectivity index (χ1n) is 11.5. The number of hydrogen-bond donors (Lipinski definition) is 2. The lowest BCUT2D eigenvalue weighted by atomic mass is 9.93. The Morgan fingerprint density at radius 2 is 1.90 bits per heavy atom. The van der Waals surface area contributed by atoms with Crippen LogP contribution in [0.2, 0.25) is 0 Å². The second kappa shape index (κ2) is 8.99. The quantitative estimate of drug-likeness (QED) is 0.750. The molecule has 0 saturated carbocycles. The highest BCUT2D eigenvalue weighted by Crippen LogP contribution is 2.37. The number of likely N-dealkylation sites (tertiary alicyclic amines) is 1. The van der Waals surface area contributed by atoms with Crippen molar-refractivity contribution in [3.05, 3.63) is 30.7 Å². The standard InChI is InChI=1S/C24H36N4O3/c1-17-26-21-6-5-20(15-22(21)30-17)28-13-9-19(10-14-28)27-11-7-18(8-12-27)16-25-23(29)31-24(2,3)4/h5-6,15,18-19,26H,1,7-14,16H2,2-4H3,(H,25,29). The highest BCUT2D eigenvalue weighted by atomic mass is 16.6. The second-order valence-electron chi connectivity index (χ2n) is 9.91. The van der Waals surface area contributed by atoms with Gasteiger partial charge in [0.1, 0.15) is 5.60 Å². The number of hydrogen-bond acceptors (Lipinski definition) is 6. The Morgan fingerprint density at radius 1 is 1.19 bits per heavy atom. The van der Waals surface area contributed by atoms with Crippen molar-refractivity contribution in [3.8, 4) is 5.75 Å². The van der Waals surface area contributed by atoms with Crippen LogP contribution in [0.1, 0.15) is 46.5 Å². The molecule has 0 bridgehead atoms. The Labute approximate surface area is 185 Å². The van der Waals surface area contributed by atoms with Crippen molar-refractivity contribution in [1.82, 2.24) is 10.2 Å². The van der Waals surface area contributed by atoms with E-state index < -0.39 is 5.60 Å². The molecule has 7 heteroatoms. The second-order valence-corrected chi connectivity index (χ2v) is 9.91. The third-order valence-electron chi connectivity index (χ3n) is 6.40. The lowest BCUT2D eigenvalue weighted by molar-refractivity contribution is 0.0502. The highest BCUT2D eigenvalue weighted by Gasteiger charge is 2.29. The number of piperidine rings is 2. The molecule has 0 aliphatic carbocycles. The van der Waals surface area contributed by atoms with Crippen LogP contribution in [-0.2, 0) is 4.74 Å². The normalized spacial score (nSPS) is 20.7. The Balaban J connectivity index is 1.19. The third-order valence-corrected chi connectivity index (χ3v) is 6.40. The average molecular weight is 429 g/mol. The minimum atomic E-state index is -0.444. The fraction of sp³-hybridized carbons (Fsp3) is 0.625. The molecule has 3 aliphatic heterocycles. The zero-order valence-electron chi connectivity index (χ0n) is 19.1. The van der Waals surface area contributed by atoms with Crippen molar-refractivity contribution in [1.29, 1.82) is 0 Å². The van der Waals surface area contributed by atoms with E-state index in [1.807, 2.05) is 20.8 Å².